The van der Waals surface area contributed by atoms with Gasteiger partial charge in [0.1, 0.15) is 24.5 Å². The summed E-state index contributed by atoms with van der Waals surface area (Å²) >= 11 is 0. The van der Waals surface area contributed by atoms with Crippen LogP contribution in [0.15, 0.2) is 54.9 Å². The Labute approximate surface area is 175 Å². The van der Waals surface area contributed by atoms with Crippen LogP contribution in [0, 0.1) is 0 Å². The summed E-state index contributed by atoms with van der Waals surface area (Å²) in [6.07, 6.45) is 1.81. The van der Waals surface area contributed by atoms with Gasteiger partial charge in [-0.3, -0.25) is 4.57 Å². The Bertz CT molecular complexity index is 1170. The van der Waals surface area contributed by atoms with Crippen LogP contribution in [0.4, 0.5) is 5.69 Å². The molecule has 0 aliphatic carbocycles. The molecule has 2 aromatic carbocycles. The average molecular weight is 403 g/mol. The van der Waals surface area contributed by atoms with E-state index in [4.69, 9.17) is 14.5 Å². The number of anilines is 1. The van der Waals surface area contributed by atoms with E-state index in [1.807, 2.05) is 35.2 Å². The topological polar surface area (TPSA) is 64.4 Å². The van der Waals surface area contributed by atoms with E-state index in [1.54, 1.807) is 7.11 Å². The molecule has 7 heteroatoms. The number of aromatic nitrogens is 3. The van der Waals surface area contributed by atoms with Crippen LogP contribution < -0.4 is 15.0 Å². The van der Waals surface area contributed by atoms with Gasteiger partial charge in [0, 0.05) is 50.4 Å². The third kappa shape index (κ3) is 3.69. The molecule has 0 radical (unpaired) electrons. The van der Waals surface area contributed by atoms with Crippen LogP contribution in [0.3, 0.4) is 0 Å². The molecule has 3 heterocycles. The number of ether oxygens (including phenoxy) is 2. The Kier molecular flexibility index (Phi) is 5.21. The van der Waals surface area contributed by atoms with E-state index in [1.165, 1.54) is 5.69 Å². The smallest absolute Gasteiger partial charge is 0.139 e. The van der Waals surface area contributed by atoms with Gasteiger partial charge in [-0.2, -0.15) is 0 Å². The summed E-state index contributed by atoms with van der Waals surface area (Å²) in [5.41, 5.74) is 4.11. The van der Waals surface area contributed by atoms with E-state index >= 15 is 0 Å². The van der Waals surface area contributed by atoms with Gasteiger partial charge in [-0.05, 0) is 42.5 Å². The maximum Gasteiger partial charge on any atom is 0.139 e. The van der Waals surface area contributed by atoms with Crippen LogP contribution in [0.5, 0.6) is 5.75 Å². The lowest BCUT2D eigenvalue weighted by atomic mass is 10.1. The number of rotatable bonds is 6. The van der Waals surface area contributed by atoms with Crippen molar-refractivity contribution in [3.8, 4) is 11.6 Å². The Morgan fingerprint density at radius 3 is 2.73 bits per heavy atom. The number of hydrogen-bond donors (Lipinski definition) is 1. The minimum absolute atomic E-state index is 0.519. The van der Waals surface area contributed by atoms with Crippen LogP contribution in [-0.2, 0) is 4.74 Å². The Hall–Kier alpha value is -3.16. The van der Waals surface area contributed by atoms with E-state index in [2.05, 4.69) is 39.5 Å². The molecule has 0 unspecified atom stereocenters. The van der Waals surface area contributed by atoms with Crippen LogP contribution in [-0.4, -0.2) is 61.0 Å². The molecule has 5 rings (SSSR count). The van der Waals surface area contributed by atoms with Gasteiger partial charge in [0.15, 0.2) is 0 Å². The summed E-state index contributed by atoms with van der Waals surface area (Å²) in [5.74, 6) is 1.64. The van der Waals surface area contributed by atoms with Gasteiger partial charge in [-0.25, -0.2) is 9.97 Å². The molecule has 0 spiro atoms. The van der Waals surface area contributed by atoms with Gasteiger partial charge in [0.05, 0.1) is 23.2 Å². The molecule has 1 fully saturated rings. The Morgan fingerprint density at radius 2 is 1.87 bits per heavy atom. The van der Waals surface area contributed by atoms with Crippen molar-refractivity contribution in [2.24, 2.45) is 0 Å². The largest absolute Gasteiger partial charge is 0.491 e. The molecule has 7 nitrogen and oxygen atoms in total. The van der Waals surface area contributed by atoms with Gasteiger partial charge in [0.2, 0.25) is 0 Å². The lowest BCUT2D eigenvalue weighted by molar-refractivity contribution is 0.146. The summed E-state index contributed by atoms with van der Waals surface area (Å²) < 4.78 is 12.7. The first-order chi connectivity index (χ1) is 14.8. The molecule has 154 valence electrons. The van der Waals surface area contributed by atoms with Crippen LogP contribution in [0.1, 0.15) is 0 Å². The molecule has 30 heavy (non-hydrogen) atoms. The maximum atomic E-state index is 5.69. The normalized spacial score (nSPS) is 14.5. The van der Waals surface area contributed by atoms with E-state index in [0.717, 1.165) is 59.7 Å². The summed E-state index contributed by atoms with van der Waals surface area (Å²) in [4.78, 5) is 11.8. The highest BCUT2D eigenvalue weighted by molar-refractivity contribution is 5.84. The van der Waals surface area contributed by atoms with Gasteiger partial charge in [0.25, 0.3) is 0 Å². The highest BCUT2D eigenvalue weighted by atomic mass is 16.5. The minimum Gasteiger partial charge on any atom is -0.491 e. The number of piperazine rings is 1. The SMILES string of the molecule is COCCOc1ccc2c(c1)ncn2-c1ccc2cc(N3CCNCC3)ccc2n1. The first-order valence-corrected chi connectivity index (χ1v) is 10.3. The van der Waals surface area contributed by atoms with Gasteiger partial charge in [-0.1, -0.05) is 0 Å². The zero-order chi connectivity index (χ0) is 20.3. The predicted molar refractivity (Wildman–Crippen MR) is 119 cm³/mol. The predicted octanol–water partition coefficient (Wildman–Crippen LogP) is 3.01. The van der Waals surface area contributed by atoms with E-state index < -0.39 is 0 Å². The fourth-order valence-electron chi connectivity index (χ4n) is 3.86. The average Bonchev–Trinajstić information content (AvgIpc) is 3.22. The second-order valence-electron chi connectivity index (χ2n) is 7.39. The molecule has 0 saturated carbocycles. The van der Waals surface area contributed by atoms with E-state index in [-0.39, 0.29) is 0 Å². The third-order valence-corrected chi connectivity index (χ3v) is 5.46. The zero-order valence-corrected chi connectivity index (χ0v) is 17.0. The van der Waals surface area contributed by atoms with Crippen molar-refractivity contribution in [2.75, 3.05) is 51.4 Å². The second kappa shape index (κ2) is 8.30. The van der Waals surface area contributed by atoms with Crippen LogP contribution in [0.2, 0.25) is 0 Å². The molecule has 2 aromatic heterocycles. The Balaban J connectivity index is 1.43. The first-order valence-electron chi connectivity index (χ1n) is 10.3. The number of fused-ring (bicyclic) bond motifs is 2. The quantitative estimate of drug-likeness (QED) is 0.500. The third-order valence-electron chi connectivity index (χ3n) is 5.46. The number of benzene rings is 2. The fraction of sp³-hybridized carbons (Fsp3) is 0.304. The molecule has 1 saturated heterocycles. The number of hydrogen-bond acceptors (Lipinski definition) is 6. The lowest BCUT2D eigenvalue weighted by Gasteiger charge is -2.29. The van der Waals surface area contributed by atoms with Crippen LogP contribution >= 0.6 is 0 Å². The monoisotopic (exact) mass is 403 g/mol. The summed E-state index contributed by atoms with van der Waals surface area (Å²) in [5, 5.41) is 4.55. The highest BCUT2D eigenvalue weighted by Crippen LogP contribution is 2.25. The first kappa shape index (κ1) is 18.8. The van der Waals surface area contributed by atoms with Crippen molar-refractivity contribution in [3.63, 3.8) is 0 Å². The van der Waals surface area contributed by atoms with Crippen molar-refractivity contribution in [3.05, 3.63) is 54.9 Å². The van der Waals surface area contributed by atoms with Crippen molar-refractivity contribution >= 4 is 27.6 Å². The fourth-order valence-corrected chi connectivity index (χ4v) is 3.86. The van der Waals surface area contributed by atoms with Gasteiger partial charge in [-0.15, -0.1) is 0 Å². The molecular weight excluding hydrogens is 378 g/mol. The molecule has 1 aliphatic heterocycles. The minimum atomic E-state index is 0.519. The maximum absolute atomic E-state index is 5.69. The van der Waals surface area contributed by atoms with Crippen molar-refractivity contribution in [1.82, 2.24) is 19.9 Å². The molecule has 0 amide bonds. The summed E-state index contributed by atoms with van der Waals surface area (Å²) in [7, 11) is 1.66. The molecular formula is C23H25N5O2. The number of nitrogens with zero attached hydrogens (tertiary/aromatic N) is 4. The molecule has 0 bridgehead atoms. The van der Waals surface area contributed by atoms with Crippen molar-refractivity contribution in [2.45, 2.75) is 0 Å². The number of imidazole rings is 1. The molecule has 4 aromatic rings. The van der Waals surface area contributed by atoms with Crippen molar-refractivity contribution < 1.29 is 9.47 Å². The second-order valence-corrected chi connectivity index (χ2v) is 7.39. The van der Waals surface area contributed by atoms with Gasteiger partial charge >= 0.3 is 0 Å². The van der Waals surface area contributed by atoms with Crippen LogP contribution in [0.25, 0.3) is 27.8 Å². The lowest BCUT2D eigenvalue weighted by Crippen LogP contribution is -2.43. The molecule has 1 N–H and O–H groups in total. The number of methoxy groups -OCH3 is 1. The standard InChI is InChI=1S/C23H25N5O2/c1-29-12-13-30-19-4-6-22-21(15-19)25-16-28(22)23-7-2-17-14-18(3-5-20(17)26-23)27-10-8-24-9-11-27/h2-7,14-16,24H,8-13H2,1H3. The number of nitrogens with one attached hydrogen (secondary N) is 1. The Morgan fingerprint density at radius 1 is 0.967 bits per heavy atom. The highest BCUT2D eigenvalue weighted by Gasteiger charge is 2.12. The summed E-state index contributed by atoms with van der Waals surface area (Å²) in [6, 6.07) is 16.6. The van der Waals surface area contributed by atoms with E-state index in [0.29, 0.717) is 13.2 Å². The molecule has 0 atom stereocenters. The zero-order valence-electron chi connectivity index (χ0n) is 17.0. The van der Waals surface area contributed by atoms with Crippen molar-refractivity contribution in [1.29, 1.82) is 0 Å². The molecule has 1 aliphatic rings. The number of pyridine rings is 1. The summed E-state index contributed by atoms with van der Waals surface area (Å²) in [6.45, 7) is 5.21. The van der Waals surface area contributed by atoms with Gasteiger partial charge < -0.3 is 19.7 Å². The van der Waals surface area contributed by atoms with E-state index in [9.17, 15) is 0 Å².